The standard InChI is InChI=1S/C21H20F2N2O7/c1-31-19(27)11-14(12-6-8-13(9-7-12)25(29)30)20(21(28)32-2)24-18(26)10-15-16(22)4-3-5-17(15)23/h3-9,14,20H,10-11H2,1-2H3,(H,24,26)/t14-,20+/m1/s1. The lowest BCUT2D eigenvalue weighted by Gasteiger charge is -2.26. The number of carbonyl (C=O) groups is 3. The van der Waals surface area contributed by atoms with Gasteiger partial charge in [-0.1, -0.05) is 18.2 Å². The van der Waals surface area contributed by atoms with Crippen LogP contribution in [0.2, 0.25) is 0 Å². The lowest BCUT2D eigenvalue weighted by Crippen LogP contribution is -2.47. The van der Waals surface area contributed by atoms with Crippen molar-refractivity contribution in [3.8, 4) is 0 Å². The summed E-state index contributed by atoms with van der Waals surface area (Å²) in [4.78, 5) is 47.2. The van der Waals surface area contributed by atoms with Gasteiger partial charge in [0.2, 0.25) is 5.91 Å². The van der Waals surface area contributed by atoms with Gasteiger partial charge in [-0.15, -0.1) is 0 Å². The van der Waals surface area contributed by atoms with Crippen molar-refractivity contribution in [1.82, 2.24) is 5.32 Å². The number of hydrogen-bond donors (Lipinski definition) is 1. The van der Waals surface area contributed by atoms with E-state index in [0.717, 1.165) is 32.4 Å². The van der Waals surface area contributed by atoms with E-state index in [2.05, 4.69) is 10.1 Å². The molecule has 0 saturated carbocycles. The molecule has 9 nitrogen and oxygen atoms in total. The second-order valence-corrected chi connectivity index (χ2v) is 6.68. The van der Waals surface area contributed by atoms with E-state index < -0.39 is 58.3 Å². The third-order valence-electron chi connectivity index (χ3n) is 4.72. The third kappa shape index (κ3) is 6.06. The zero-order valence-corrected chi connectivity index (χ0v) is 17.2. The minimum absolute atomic E-state index is 0.223. The first-order valence-electron chi connectivity index (χ1n) is 9.29. The molecular weight excluding hydrogens is 430 g/mol. The largest absolute Gasteiger partial charge is 0.469 e. The maximum absolute atomic E-state index is 13.9. The Bertz CT molecular complexity index is 991. The van der Waals surface area contributed by atoms with Crippen LogP contribution in [0.4, 0.5) is 14.5 Å². The summed E-state index contributed by atoms with van der Waals surface area (Å²) in [6.07, 6.45) is -1.10. The number of nitrogens with one attached hydrogen (secondary N) is 1. The van der Waals surface area contributed by atoms with Gasteiger partial charge in [0, 0.05) is 23.6 Å². The zero-order valence-electron chi connectivity index (χ0n) is 17.2. The fourth-order valence-corrected chi connectivity index (χ4v) is 3.07. The zero-order chi connectivity index (χ0) is 23.8. The number of nitro groups is 1. The second-order valence-electron chi connectivity index (χ2n) is 6.68. The maximum Gasteiger partial charge on any atom is 0.329 e. The van der Waals surface area contributed by atoms with E-state index in [1.54, 1.807) is 0 Å². The third-order valence-corrected chi connectivity index (χ3v) is 4.72. The molecule has 2 aromatic rings. The molecule has 0 aromatic heterocycles. The Hall–Kier alpha value is -3.89. The van der Waals surface area contributed by atoms with Crippen molar-refractivity contribution in [3.05, 3.63) is 75.3 Å². The van der Waals surface area contributed by atoms with Crippen LogP contribution in [0.5, 0.6) is 0 Å². The van der Waals surface area contributed by atoms with E-state index in [1.807, 2.05) is 0 Å². The summed E-state index contributed by atoms with van der Waals surface area (Å²) in [6.45, 7) is 0. The van der Waals surface area contributed by atoms with Gasteiger partial charge in [0.05, 0.1) is 32.0 Å². The number of benzene rings is 2. The summed E-state index contributed by atoms with van der Waals surface area (Å²) in [6, 6.07) is 6.66. The van der Waals surface area contributed by atoms with Gasteiger partial charge >= 0.3 is 11.9 Å². The molecule has 0 radical (unpaired) electrons. The number of non-ortho nitro benzene ring substituents is 1. The van der Waals surface area contributed by atoms with Gasteiger partial charge in [-0.3, -0.25) is 19.7 Å². The van der Waals surface area contributed by atoms with Gasteiger partial charge in [0.15, 0.2) is 0 Å². The first-order valence-corrected chi connectivity index (χ1v) is 9.29. The smallest absolute Gasteiger partial charge is 0.329 e. The number of nitro benzene ring substituents is 1. The maximum atomic E-state index is 13.9. The van der Waals surface area contributed by atoms with Crippen LogP contribution in [0.25, 0.3) is 0 Å². The summed E-state index contributed by atoms with van der Waals surface area (Å²) in [5, 5.41) is 13.3. The fraction of sp³-hybridized carbons (Fsp3) is 0.286. The van der Waals surface area contributed by atoms with Crippen LogP contribution in [-0.2, 0) is 30.3 Å². The SMILES string of the molecule is COC(=O)C[C@H](c1ccc([N+](=O)[O-])cc1)[C@H](NC(=O)Cc1c(F)cccc1F)C(=O)OC. The van der Waals surface area contributed by atoms with Crippen LogP contribution in [0.15, 0.2) is 42.5 Å². The van der Waals surface area contributed by atoms with Crippen LogP contribution in [0.1, 0.15) is 23.5 Å². The van der Waals surface area contributed by atoms with E-state index in [-0.39, 0.29) is 12.1 Å². The van der Waals surface area contributed by atoms with Crippen LogP contribution in [0.3, 0.4) is 0 Å². The highest BCUT2D eigenvalue weighted by Crippen LogP contribution is 2.27. The van der Waals surface area contributed by atoms with Crippen LogP contribution in [-0.4, -0.2) is 43.0 Å². The average molecular weight is 450 g/mol. The van der Waals surface area contributed by atoms with E-state index in [0.29, 0.717) is 5.56 Å². The summed E-state index contributed by atoms with van der Waals surface area (Å²) >= 11 is 0. The molecule has 170 valence electrons. The first kappa shape index (κ1) is 24.4. The minimum Gasteiger partial charge on any atom is -0.469 e. The molecule has 0 heterocycles. The average Bonchev–Trinajstić information content (AvgIpc) is 2.78. The summed E-state index contributed by atoms with van der Waals surface area (Å²) in [5.41, 5.74) is -0.415. The molecule has 0 saturated heterocycles. The van der Waals surface area contributed by atoms with Crippen LogP contribution >= 0.6 is 0 Å². The number of nitrogens with zero attached hydrogens (tertiary/aromatic N) is 1. The van der Waals surface area contributed by atoms with Gasteiger partial charge < -0.3 is 14.8 Å². The number of halogens is 2. The molecule has 0 aliphatic heterocycles. The van der Waals surface area contributed by atoms with Crippen LogP contribution < -0.4 is 5.32 Å². The van der Waals surface area contributed by atoms with E-state index >= 15 is 0 Å². The van der Waals surface area contributed by atoms with Gasteiger partial charge in [-0.25, -0.2) is 13.6 Å². The molecule has 11 heteroatoms. The van der Waals surface area contributed by atoms with Crippen molar-refractivity contribution < 1.29 is 37.6 Å². The molecule has 0 fully saturated rings. The number of amides is 1. The summed E-state index contributed by atoms with van der Waals surface area (Å²) < 4.78 is 37.2. The van der Waals surface area contributed by atoms with Crippen molar-refractivity contribution >= 4 is 23.5 Å². The first-order chi connectivity index (χ1) is 15.2. The number of ether oxygens (including phenoxy) is 2. The molecule has 0 aliphatic rings. The van der Waals surface area contributed by atoms with Crippen molar-refractivity contribution in [2.75, 3.05) is 14.2 Å². The Morgan fingerprint density at radius 2 is 1.62 bits per heavy atom. The number of esters is 2. The Morgan fingerprint density at radius 1 is 1.03 bits per heavy atom. The minimum atomic E-state index is -1.44. The van der Waals surface area contributed by atoms with E-state index in [4.69, 9.17) is 4.74 Å². The number of carbonyl (C=O) groups excluding carboxylic acids is 3. The second kappa shape index (κ2) is 10.9. The van der Waals surface area contributed by atoms with Crippen molar-refractivity contribution in [3.63, 3.8) is 0 Å². The highest BCUT2D eigenvalue weighted by Gasteiger charge is 2.34. The lowest BCUT2D eigenvalue weighted by atomic mass is 9.88. The molecule has 2 atom stereocenters. The Kier molecular flexibility index (Phi) is 8.33. The molecule has 2 rings (SSSR count). The molecule has 0 spiro atoms. The molecule has 0 bridgehead atoms. The van der Waals surface area contributed by atoms with Gasteiger partial charge in [0.1, 0.15) is 17.7 Å². The van der Waals surface area contributed by atoms with E-state index in [1.165, 1.54) is 24.3 Å². The highest BCUT2D eigenvalue weighted by atomic mass is 19.1. The predicted molar refractivity (Wildman–Crippen MR) is 106 cm³/mol. The summed E-state index contributed by atoms with van der Waals surface area (Å²) in [7, 11) is 2.19. The number of rotatable bonds is 9. The number of hydrogen-bond acceptors (Lipinski definition) is 7. The Morgan fingerprint density at radius 3 is 2.12 bits per heavy atom. The van der Waals surface area contributed by atoms with Crippen molar-refractivity contribution in [2.45, 2.75) is 24.8 Å². The predicted octanol–water partition coefficient (Wildman–Crippen LogP) is 2.42. The van der Waals surface area contributed by atoms with Gasteiger partial charge in [0.25, 0.3) is 5.69 Å². The monoisotopic (exact) mass is 450 g/mol. The van der Waals surface area contributed by atoms with Gasteiger partial charge in [-0.2, -0.15) is 0 Å². The van der Waals surface area contributed by atoms with Gasteiger partial charge in [-0.05, 0) is 17.7 Å². The summed E-state index contributed by atoms with van der Waals surface area (Å²) in [5.74, 6) is -5.46. The normalized spacial score (nSPS) is 12.4. The molecule has 2 aromatic carbocycles. The quantitative estimate of drug-likeness (QED) is 0.353. The number of methoxy groups -OCH3 is 2. The Balaban J connectivity index is 2.37. The Labute approximate surface area is 181 Å². The molecule has 1 N–H and O–H groups in total. The molecule has 1 amide bonds. The van der Waals surface area contributed by atoms with Crippen molar-refractivity contribution in [2.24, 2.45) is 0 Å². The molecule has 0 aliphatic carbocycles. The molecular formula is C21H20F2N2O7. The molecule has 0 unspecified atom stereocenters. The lowest BCUT2D eigenvalue weighted by molar-refractivity contribution is -0.384. The fourth-order valence-electron chi connectivity index (χ4n) is 3.07. The van der Waals surface area contributed by atoms with E-state index in [9.17, 15) is 33.3 Å². The topological polar surface area (TPSA) is 125 Å². The highest BCUT2D eigenvalue weighted by molar-refractivity contribution is 5.87. The van der Waals surface area contributed by atoms with Crippen molar-refractivity contribution in [1.29, 1.82) is 0 Å². The van der Waals surface area contributed by atoms with Crippen LogP contribution in [0, 0.1) is 21.7 Å². The molecule has 32 heavy (non-hydrogen) atoms.